The number of amides is 1. The Morgan fingerprint density at radius 3 is 2.52 bits per heavy atom. The van der Waals surface area contributed by atoms with Crippen molar-refractivity contribution in [2.45, 2.75) is 32.8 Å². The molecule has 6 heteroatoms. The average molecular weight is 344 g/mol. The van der Waals surface area contributed by atoms with Crippen molar-refractivity contribution in [2.75, 3.05) is 24.5 Å². The molecule has 0 bridgehead atoms. The highest BCUT2D eigenvalue weighted by Gasteiger charge is 2.25. The molecular weight excluding hydrogens is 316 g/mol. The molecule has 0 radical (unpaired) electrons. The Balaban J connectivity index is 1.99. The second kappa shape index (κ2) is 8.16. The lowest BCUT2D eigenvalue weighted by Gasteiger charge is -2.23. The predicted octanol–water partition coefficient (Wildman–Crippen LogP) is 2.29. The van der Waals surface area contributed by atoms with Crippen LogP contribution in [0.2, 0.25) is 0 Å². The summed E-state index contributed by atoms with van der Waals surface area (Å²) in [7, 11) is 1.79. The molecule has 0 spiro atoms. The summed E-state index contributed by atoms with van der Waals surface area (Å²) in [5.41, 5.74) is 1.20. The van der Waals surface area contributed by atoms with E-state index in [1.165, 1.54) is 0 Å². The van der Waals surface area contributed by atoms with Gasteiger partial charge in [-0.25, -0.2) is 0 Å². The van der Waals surface area contributed by atoms with Crippen molar-refractivity contribution < 1.29 is 9.90 Å². The van der Waals surface area contributed by atoms with Gasteiger partial charge < -0.3 is 15.3 Å². The minimum Gasteiger partial charge on any atom is -0.383 e. The van der Waals surface area contributed by atoms with Crippen molar-refractivity contribution in [3.05, 3.63) is 47.8 Å². The van der Waals surface area contributed by atoms with Crippen molar-refractivity contribution >= 4 is 11.6 Å². The van der Waals surface area contributed by atoms with E-state index in [0.717, 1.165) is 25.2 Å². The Bertz CT molecular complexity index is 692. The van der Waals surface area contributed by atoms with Crippen LogP contribution in [0.4, 0.5) is 5.69 Å². The number of anilines is 1. The number of carbonyl (C=O) groups excluding carboxylic acids is 1. The van der Waals surface area contributed by atoms with E-state index >= 15 is 0 Å². The van der Waals surface area contributed by atoms with Crippen molar-refractivity contribution in [1.29, 1.82) is 0 Å². The van der Waals surface area contributed by atoms with Gasteiger partial charge in [0.05, 0.1) is 12.7 Å². The van der Waals surface area contributed by atoms with Crippen molar-refractivity contribution in [1.82, 2.24) is 15.1 Å². The molecule has 6 nitrogen and oxygen atoms in total. The molecule has 0 aliphatic rings. The van der Waals surface area contributed by atoms with Crippen LogP contribution in [-0.2, 0) is 12.6 Å². The van der Waals surface area contributed by atoms with Gasteiger partial charge in [-0.3, -0.25) is 9.48 Å². The molecule has 1 aromatic carbocycles. The molecule has 0 aliphatic carbocycles. The first-order chi connectivity index (χ1) is 11.9. The lowest BCUT2D eigenvalue weighted by Crippen LogP contribution is -2.38. The first-order valence-electron chi connectivity index (χ1n) is 8.72. The quantitative estimate of drug-likeness (QED) is 0.771. The van der Waals surface area contributed by atoms with E-state index < -0.39 is 5.60 Å². The number of rotatable bonds is 8. The van der Waals surface area contributed by atoms with Crippen molar-refractivity contribution in [2.24, 2.45) is 7.05 Å². The fourth-order valence-corrected chi connectivity index (χ4v) is 2.72. The lowest BCUT2D eigenvalue weighted by molar-refractivity contribution is 0.0526. The van der Waals surface area contributed by atoms with Crippen LogP contribution in [0.5, 0.6) is 0 Å². The Morgan fingerprint density at radius 1 is 1.32 bits per heavy atom. The predicted molar refractivity (Wildman–Crippen MR) is 99.7 cm³/mol. The summed E-state index contributed by atoms with van der Waals surface area (Å²) in [5, 5.41) is 17.4. The first kappa shape index (κ1) is 19.0. The fraction of sp³-hybridized carbons (Fsp3) is 0.474. The summed E-state index contributed by atoms with van der Waals surface area (Å²) in [6, 6.07) is 7.57. The number of carbonyl (C=O) groups is 1. The Kier molecular flexibility index (Phi) is 6.20. The number of benzene rings is 1. The summed E-state index contributed by atoms with van der Waals surface area (Å²) in [5.74, 6) is -0.200. The number of hydrogen-bond acceptors (Lipinski definition) is 4. The van der Waals surface area contributed by atoms with Crippen LogP contribution < -0.4 is 10.2 Å². The zero-order chi connectivity index (χ0) is 18.4. The molecule has 0 aliphatic heterocycles. The molecule has 0 fully saturated rings. The lowest BCUT2D eigenvalue weighted by atomic mass is 9.99. The molecule has 1 atom stereocenters. The summed E-state index contributed by atoms with van der Waals surface area (Å²) < 4.78 is 1.63. The Morgan fingerprint density at radius 2 is 2.00 bits per heavy atom. The van der Waals surface area contributed by atoms with Gasteiger partial charge in [0, 0.05) is 43.1 Å². The van der Waals surface area contributed by atoms with Crippen LogP contribution in [0.25, 0.3) is 0 Å². The maximum Gasteiger partial charge on any atom is 0.251 e. The van der Waals surface area contributed by atoms with Gasteiger partial charge >= 0.3 is 0 Å². The van der Waals surface area contributed by atoms with E-state index in [1.807, 2.05) is 24.3 Å². The monoisotopic (exact) mass is 344 g/mol. The van der Waals surface area contributed by atoms with Gasteiger partial charge in [-0.2, -0.15) is 5.10 Å². The number of aryl methyl sites for hydroxylation is 1. The maximum absolute atomic E-state index is 12.3. The Hall–Kier alpha value is -2.34. The third kappa shape index (κ3) is 4.82. The van der Waals surface area contributed by atoms with Gasteiger partial charge in [-0.1, -0.05) is 6.92 Å². The normalized spacial score (nSPS) is 13.3. The smallest absolute Gasteiger partial charge is 0.251 e. The third-order valence-corrected chi connectivity index (χ3v) is 4.29. The highest BCUT2D eigenvalue weighted by Crippen LogP contribution is 2.19. The highest BCUT2D eigenvalue weighted by molar-refractivity contribution is 5.94. The highest BCUT2D eigenvalue weighted by atomic mass is 16.3. The average Bonchev–Trinajstić information content (AvgIpc) is 3.05. The van der Waals surface area contributed by atoms with Gasteiger partial charge in [0.25, 0.3) is 5.91 Å². The maximum atomic E-state index is 12.3. The third-order valence-electron chi connectivity index (χ3n) is 4.29. The molecule has 2 rings (SSSR count). The summed E-state index contributed by atoms with van der Waals surface area (Å²) in [6.07, 6.45) is 4.43. The molecule has 1 heterocycles. The van der Waals surface area contributed by atoms with Crippen LogP contribution in [0, 0.1) is 0 Å². The van der Waals surface area contributed by atoms with E-state index in [-0.39, 0.29) is 12.5 Å². The topological polar surface area (TPSA) is 70.4 Å². The summed E-state index contributed by atoms with van der Waals surface area (Å²) in [4.78, 5) is 14.6. The van der Waals surface area contributed by atoms with Gasteiger partial charge in [0.2, 0.25) is 0 Å². The van der Waals surface area contributed by atoms with E-state index in [1.54, 1.807) is 31.0 Å². The van der Waals surface area contributed by atoms with Crippen molar-refractivity contribution in [3.63, 3.8) is 0 Å². The molecule has 1 unspecified atom stereocenters. The zero-order valence-corrected chi connectivity index (χ0v) is 15.5. The Labute approximate surface area is 149 Å². The first-order valence-corrected chi connectivity index (χ1v) is 8.72. The van der Waals surface area contributed by atoms with Gasteiger partial charge in [0.1, 0.15) is 5.60 Å². The number of hydrogen-bond donors (Lipinski definition) is 2. The van der Waals surface area contributed by atoms with Crippen LogP contribution in [-0.4, -0.2) is 40.4 Å². The molecule has 1 aromatic heterocycles. The molecule has 2 aromatic rings. The number of aromatic nitrogens is 2. The summed E-state index contributed by atoms with van der Waals surface area (Å²) >= 11 is 0. The van der Waals surface area contributed by atoms with E-state index in [2.05, 4.69) is 29.2 Å². The van der Waals surface area contributed by atoms with Crippen LogP contribution in [0.15, 0.2) is 36.7 Å². The van der Waals surface area contributed by atoms with Crippen LogP contribution >= 0.6 is 0 Å². The molecule has 25 heavy (non-hydrogen) atoms. The molecule has 136 valence electrons. The van der Waals surface area contributed by atoms with E-state index in [4.69, 9.17) is 0 Å². The van der Waals surface area contributed by atoms with Crippen LogP contribution in [0.3, 0.4) is 0 Å². The van der Waals surface area contributed by atoms with Gasteiger partial charge in [0.15, 0.2) is 0 Å². The molecule has 2 N–H and O–H groups in total. The second-order valence-corrected chi connectivity index (χ2v) is 6.49. The minimum atomic E-state index is -1.16. The molecule has 1 amide bonds. The van der Waals surface area contributed by atoms with Crippen LogP contribution in [0.1, 0.15) is 43.1 Å². The molecular formula is C19H28N4O2. The second-order valence-electron chi connectivity index (χ2n) is 6.49. The zero-order valence-electron chi connectivity index (χ0n) is 15.5. The number of aliphatic hydroxyl groups is 1. The van der Waals surface area contributed by atoms with E-state index in [0.29, 0.717) is 11.1 Å². The van der Waals surface area contributed by atoms with E-state index in [9.17, 15) is 9.90 Å². The standard InChI is InChI=1S/C19H28N4O2/c1-5-11-23(6-2)17-9-7-15(8-10-17)18(24)20-14-19(3,25)16-12-21-22(4)13-16/h7-10,12-13,25H,5-6,11,14H2,1-4H3,(H,20,24). The summed E-state index contributed by atoms with van der Waals surface area (Å²) in [6.45, 7) is 7.99. The largest absolute Gasteiger partial charge is 0.383 e. The SMILES string of the molecule is CCCN(CC)c1ccc(C(=O)NCC(C)(O)c2cnn(C)c2)cc1. The number of nitrogens with one attached hydrogen (secondary N) is 1. The fourth-order valence-electron chi connectivity index (χ4n) is 2.72. The number of nitrogens with zero attached hydrogens (tertiary/aromatic N) is 3. The van der Waals surface area contributed by atoms with Gasteiger partial charge in [-0.05, 0) is 44.5 Å². The van der Waals surface area contributed by atoms with Gasteiger partial charge in [-0.15, -0.1) is 0 Å². The molecule has 0 saturated heterocycles. The molecule has 0 saturated carbocycles. The van der Waals surface area contributed by atoms with Crippen molar-refractivity contribution in [3.8, 4) is 0 Å². The minimum absolute atomic E-state index is 0.121.